The van der Waals surface area contributed by atoms with Gasteiger partial charge in [-0.3, -0.25) is 19.7 Å². The second-order valence-corrected chi connectivity index (χ2v) is 4.12. The first-order valence-electron chi connectivity index (χ1n) is 5.59. The summed E-state index contributed by atoms with van der Waals surface area (Å²) in [5.41, 5.74) is -1.41. The summed E-state index contributed by atoms with van der Waals surface area (Å²) >= 11 is 0. The molecule has 2 rings (SSSR count). The van der Waals surface area contributed by atoms with Gasteiger partial charge in [0, 0.05) is 13.1 Å². The maximum Gasteiger partial charge on any atom is 0.285 e. The highest BCUT2D eigenvalue weighted by molar-refractivity contribution is 6.00. The van der Waals surface area contributed by atoms with E-state index in [1.54, 1.807) is 0 Å². The molecule has 0 unspecified atom stereocenters. The van der Waals surface area contributed by atoms with Gasteiger partial charge in [0.15, 0.2) is 11.6 Å². The Kier molecular flexibility index (Phi) is 3.59. The molecule has 1 aromatic carbocycles. The van der Waals surface area contributed by atoms with Gasteiger partial charge >= 0.3 is 0 Å². The molecule has 0 bridgehead atoms. The summed E-state index contributed by atoms with van der Waals surface area (Å²) < 4.78 is 26.2. The molecule has 1 aromatic rings. The third-order valence-electron chi connectivity index (χ3n) is 2.79. The molecule has 20 heavy (non-hydrogen) atoms. The van der Waals surface area contributed by atoms with E-state index in [9.17, 15) is 28.5 Å². The lowest BCUT2D eigenvalue weighted by Crippen LogP contribution is -2.50. The van der Waals surface area contributed by atoms with Crippen LogP contribution in [0.1, 0.15) is 10.4 Å². The Labute approximate surface area is 111 Å². The average Bonchev–Trinajstić information content (AvgIpc) is 2.40. The lowest BCUT2D eigenvalue weighted by molar-refractivity contribution is -0.385. The number of hydrogen-bond donors (Lipinski definition) is 1. The molecule has 0 atom stereocenters. The zero-order chi connectivity index (χ0) is 14.9. The van der Waals surface area contributed by atoms with Gasteiger partial charge in [-0.15, -0.1) is 0 Å². The molecule has 106 valence electrons. The van der Waals surface area contributed by atoms with Crippen LogP contribution in [0.2, 0.25) is 0 Å². The molecule has 9 heteroatoms. The van der Waals surface area contributed by atoms with Crippen LogP contribution in [0.25, 0.3) is 0 Å². The van der Waals surface area contributed by atoms with Gasteiger partial charge in [-0.05, 0) is 6.07 Å². The minimum Gasteiger partial charge on any atom is -0.353 e. The van der Waals surface area contributed by atoms with E-state index in [0.29, 0.717) is 12.1 Å². The van der Waals surface area contributed by atoms with Crippen molar-refractivity contribution in [3.05, 3.63) is 39.4 Å². The molecule has 1 N–H and O–H groups in total. The van der Waals surface area contributed by atoms with Gasteiger partial charge < -0.3 is 10.2 Å². The molecule has 1 aliphatic heterocycles. The van der Waals surface area contributed by atoms with Gasteiger partial charge in [0.1, 0.15) is 5.56 Å². The number of rotatable bonds is 2. The first kappa shape index (κ1) is 13.8. The Balaban J connectivity index is 2.40. The van der Waals surface area contributed by atoms with Crippen LogP contribution in [0, 0.1) is 21.7 Å². The average molecular weight is 285 g/mol. The predicted octanol–water partition coefficient (Wildman–Crippen LogP) is 0.445. The molecular weight excluding hydrogens is 276 g/mol. The van der Waals surface area contributed by atoms with Crippen molar-refractivity contribution in [1.29, 1.82) is 0 Å². The summed E-state index contributed by atoms with van der Waals surface area (Å²) in [5, 5.41) is 13.3. The van der Waals surface area contributed by atoms with E-state index in [0.717, 1.165) is 4.90 Å². The normalized spacial score (nSPS) is 14.9. The summed E-state index contributed by atoms with van der Waals surface area (Å²) in [6.07, 6.45) is 0. The minimum atomic E-state index is -1.41. The van der Waals surface area contributed by atoms with Crippen molar-refractivity contribution in [3.8, 4) is 0 Å². The molecule has 0 spiro atoms. The Morgan fingerprint density at radius 2 is 2.00 bits per heavy atom. The maximum atomic E-state index is 13.2. The SMILES string of the molecule is O=C1CN(C(=O)c2cc(F)c(F)cc2[N+](=O)[O-])CCN1. The Morgan fingerprint density at radius 3 is 2.60 bits per heavy atom. The predicted molar refractivity (Wildman–Crippen MR) is 61.9 cm³/mol. The van der Waals surface area contributed by atoms with Crippen LogP contribution >= 0.6 is 0 Å². The Hall–Kier alpha value is -2.58. The summed E-state index contributed by atoms with van der Waals surface area (Å²) in [6, 6.07) is 0.828. The molecule has 7 nitrogen and oxygen atoms in total. The summed E-state index contributed by atoms with van der Waals surface area (Å²) in [7, 11) is 0. The minimum absolute atomic E-state index is 0.140. The fourth-order valence-corrected chi connectivity index (χ4v) is 1.84. The van der Waals surface area contributed by atoms with Crippen molar-refractivity contribution in [2.45, 2.75) is 0 Å². The number of nitro groups is 1. The van der Waals surface area contributed by atoms with Gasteiger partial charge in [0.2, 0.25) is 5.91 Å². The lowest BCUT2D eigenvalue weighted by atomic mass is 10.1. The number of hydrogen-bond acceptors (Lipinski definition) is 4. The molecule has 1 aliphatic rings. The van der Waals surface area contributed by atoms with Crippen LogP contribution in [0.15, 0.2) is 12.1 Å². The van der Waals surface area contributed by atoms with Crippen molar-refractivity contribution in [2.24, 2.45) is 0 Å². The number of carbonyl (C=O) groups is 2. The van der Waals surface area contributed by atoms with Crippen molar-refractivity contribution in [2.75, 3.05) is 19.6 Å². The fraction of sp³-hybridized carbons (Fsp3) is 0.273. The Morgan fingerprint density at radius 1 is 1.35 bits per heavy atom. The van der Waals surface area contributed by atoms with Crippen molar-refractivity contribution >= 4 is 17.5 Å². The highest BCUT2D eigenvalue weighted by atomic mass is 19.2. The van der Waals surface area contributed by atoms with E-state index in [1.165, 1.54) is 0 Å². The smallest absolute Gasteiger partial charge is 0.285 e. The standard InChI is InChI=1S/C11H9F2N3O4/c12-7-3-6(9(16(19)20)4-8(7)13)11(18)15-2-1-14-10(17)5-15/h3-4H,1-2,5H2,(H,14,17). The molecule has 0 aliphatic carbocycles. The molecular formula is C11H9F2N3O4. The summed E-state index contributed by atoms with van der Waals surface area (Å²) in [4.78, 5) is 34.1. The van der Waals surface area contributed by atoms with Crippen molar-refractivity contribution < 1.29 is 23.3 Å². The molecule has 1 fully saturated rings. The van der Waals surface area contributed by atoms with Crippen LogP contribution in [-0.2, 0) is 4.79 Å². The number of nitrogens with zero attached hydrogens (tertiary/aromatic N) is 2. The number of benzene rings is 1. The summed E-state index contributed by atoms with van der Waals surface area (Å²) in [6.45, 7) is 0.0533. The topological polar surface area (TPSA) is 92.5 Å². The summed E-state index contributed by atoms with van der Waals surface area (Å²) in [5.74, 6) is -4.08. The second kappa shape index (κ2) is 5.19. The number of carbonyl (C=O) groups excluding carboxylic acids is 2. The van der Waals surface area contributed by atoms with Gasteiger partial charge in [-0.1, -0.05) is 0 Å². The van der Waals surface area contributed by atoms with Gasteiger partial charge in [-0.2, -0.15) is 0 Å². The van der Waals surface area contributed by atoms with Gasteiger partial charge in [-0.25, -0.2) is 8.78 Å². The fourth-order valence-electron chi connectivity index (χ4n) is 1.84. The van der Waals surface area contributed by atoms with E-state index < -0.39 is 39.6 Å². The highest BCUT2D eigenvalue weighted by Gasteiger charge is 2.29. The molecule has 2 amide bonds. The Bertz CT molecular complexity index is 606. The van der Waals surface area contributed by atoms with Crippen LogP contribution in [-0.4, -0.2) is 41.3 Å². The van der Waals surface area contributed by atoms with E-state index in [-0.39, 0.29) is 19.6 Å². The van der Waals surface area contributed by atoms with Gasteiger partial charge in [0.05, 0.1) is 17.5 Å². The van der Waals surface area contributed by atoms with Gasteiger partial charge in [0.25, 0.3) is 11.6 Å². The van der Waals surface area contributed by atoms with E-state index in [4.69, 9.17) is 0 Å². The van der Waals surface area contributed by atoms with E-state index in [2.05, 4.69) is 5.32 Å². The third kappa shape index (κ3) is 2.56. The number of nitrogens with one attached hydrogen (secondary N) is 1. The molecule has 0 radical (unpaired) electrons. The van der Waals surface area contributed by atoms with E-state index in [1.807, 2.05) is 0 Å². The number of halogens is 2. The molecule has 0 aromatic heterocycles. The zero-order valence-corrected chi connectivity index (χ0v) is 10.1. The number of amides is 2. The molecule has 0 saturated carbocycles. The maximum absolute atomic E-state index is 13.2. The lowest BCUT2D eigenvalue weighted by Gasteiger charge is -2.26. The largest absolute Gasteiger partial charge is 0.353 e. The first-order valence-corrected chi connectivity index (χ1v) is 5.59. The second-order valence-electron chi connectivity index (χ2n) is 4.12. The first-order chi connectivity index (χ1) is 9.40. The van der Waals surface area contributed by atoms with Crippen LogP contribution in [0.3, 0.4) is 0 Å². The molecule has 1 heterocycles. The number of piperazine rings is 1. The molecule has 1 saturated heterocycles. The monoisotopic (exact) mass is 285 g/mol. The van der Waals surface area contributed by atoms with Crippen molar-refractivity contribution in [3.63, 3.8) is 0 Å². The zero-order valence-electron chi connectivity index (χ0n) is 10.1. The van der Waals surface area contributed by atoms with Crippen LogP contribution in [0.4, 0.5) is 14.5 Å². The quantitative estimate of drug-likeness (QED) is 0.630. The van der Waals surface area contributed by atoms with Crippen molar-refractivity contribution in [1.82, 2.24) is 10.2 Å². The third-order valence-corrected chi connectivity index (χ3v) is 2.79. The van der Waals surface area contributed by atoms with Crippen LogP contribution in [0.5, 0.6) is 0 Å². The number of nitro benzene ring substituents is 1. The van der Waals surface area contributed by atoms with Crippen LogP contribution < -0.4 is 5.32 Å². The highest BCUT2D eigenvalue weighted by Crippen LogP contribution is 2.23. The van der Waals surface area contributed by atoms with E-state index >= 15 is 0 Å².